The summed E-state index contributed by atoms with van der Waals surface area (Å²) in [4.78, 5) is 18.9. The summed E-state index contributed by atoms with van der Waals surface area (Å²) in [5, 5.41) is 6.12. The lowest BCUT2D eigenvalue weighted by molar-refractivity contribution is 0.102. The molecule has 0 fully saturated rings. The zero-order valence-electron chi connectivity index (χ0n) is 15.2. The summed E-state index contributed by atoms with van der Waals surface area (Å²) >= 11 is 0. The minimum absolute atomic E-state index is 0.0338. The summed E-state index contributed by atoms with van der Waals surface area (Å²) in [5.41, 5.74) is 1.20. The highest BCUT2D eigenvalue weighted by Gasteiger charge is 2.11. The number of para-hydroxylation sites is 2. The molecule has 2 N–H and O–H groups in total. The van der Waals surface area contributed by atoms with Gasteiger partial charge in [-0.2, -0.15) is 0 Å². The van der Waals surface area contributed by atoms with Crippen molar-refractivity contribution in [2.45, 2.75) is 20.0 Å². The van der Waals surface area contributed by atoms with Crippen LogP contribution in [0, 0.1) is 0 Å². The Bertz CT molecular complexity index is 701. The van der Waals surface area contributed by atoms with Crippen LogP contribution in [0.1, 0.15) is 24.2 Å². The highest BCUT2D eigenvalue weighted by atomic mass is 16.5. The number of carbonyl (C=O) groups excluding carboxylic acids is 1. The molecule has 0 radical (unpaired) electrons. The Labute approximate surface area is 149 Å². The number of rotatable bonds is 8. The first-order chi connectivity index (χ1) is 12.0. The van der Waals surface area contributed by atoms with Crippen molar-refractivity contribution in [2.75, 3.05) is 37.8 Å². The predicted octanol–water partition coefficient (Wildman–Crippen LogP) is 3.09. The molecule has 0 aliphatic rings. The Morgan fingerprint density at radius 2 is 2.00 bits per heavy atom. The summed E-state index contributed by atoms with van der Waals surface area (Å²) in [6.45, 7) is 5.55. The van der Waals surface area contributed by atoms with Crippen LogP contribution < -0.4 is 15.4 Å². The van der Waals surface area contributed by atoms with Crippen molar-refractivity contribution in [3.63, 3.8) is 0 Å². The van der Waals surface area contributed by atoms with E-state index in [0.29, 0.717) is 22.8 Å². The van der Waals surface area contributed by atoms with Crippen LogP contribution in [0.25, 0.3) is 0 Å². The molecular formula is C19H26N4O2. The van der Waals surface area contributed by atoms with Crippen LogP contribution in [0.5, 0.6) is 5.75 Å². The largest absolute Gasteiger partial charge is 0.489 e. The molecule has 1 aromatic carbocycles. The highest BCUT2D eigenvalue weighted by Crippen LogP contribution is 2.25. The molecule has 2 aromatic rings. The molecule has 0 saturated carbocycles. The summed E-state index contributed by atoms with van der Waals surface area (Å²) in [6.07, 6.45) is 1.66. The van der Waals surface area contributed by atoms with Crippen LogP contribution in [0.2, 0.25) is 0 Å². The van der Waals surface area contributed by atoms with E-state index in [-0.39, 0.29) is 12.0 Å². The molecule has 25 heavy (non-hydrogen) atoms. The molecule has 0 saturated heterocycles. The Morgan fingerprint density at radius 3 is 2.72 bits per heavy atom. The van der Waals surface area contributed by atoms with Crippen LogP contribution in [-0.4, -0.2) is 49.1 Å². The number of hydrogen-bond donors (Lipinski definition) is 2. The minimum atomic E-state index is -0.196. The van der Waals surface area contributed by atoms with Gasteiger partial charge in [-0.25, -0.2) is 4.98 Å². The molecule has 134 valence electrons. The van der Waals surface area contributed by atoms with Crippen LogP contribution in [-0.2, 0) is 0 Å². The number of likely N-dealkylation sites (N-methyl/N-ethyl adjacent to an activating group) is 1. The topological polar surface area (TPSA) is 66.5 Å². The normalized spacial score (nSPS) is 10.8. The molecule has 1 aromatic heterocycles. The van der Waals surface area contributed by atoms with Gasteiger partial charge in [-0.3, -0.25) is 4.79 Å². The molecule has 6 nitrogen and oxygen atoms in total. The van der Waals surface area contributed by atoms with Gasteiger partial charge in [0.25, 0.3) is 5.91 Å². The Kier molecular flexibility index (Phi) is 6.77. The van der Waals surface area contributed by atoms with Crippen molar-refractivity contribution < 1.29 is 9.53 Å². The highest BCUT2D eigenvalue weighted by molar-refractivity contribution is 6.05. The van der Waals surface area contributed by atoms with Gasteiger partial charge in [-0.15, -0.1) is 0 Å². The molecule has 6 heteroatoms. The van der Waals surface area contributed by atoms with E-state index in [0.717, 1.165) is 13.1 Å². The van der Waals surface area contributed by atoms with Crippen molar-refractivity contribution in [3.05, 3.63) is 48.2 Å². The van der Waals surface area contributed by atoms with Gasteiger partial charge in [0, 0.05) is 24.8 Å². The van der Waals surface area contributed by atoms with Gasteiger partial charge in [-0.05, 0) is 52.2 Å². The zero-order chi connectivity index (χ0) is 18.2. The maximum absolute atomic E-state index is 12.6. The third-order valence-corrected chi connectivity index (χ3v) is 3.39. The number of ether oxygens (including phenoxy) is 1. The summed E-state index contributed by atoms with van der Waals surface area (Å²) in [5.74, 6) is 1.14. The first kappa shape index (κ1) is 18.7. The van der Waals surface area contributed by atoms with E-state index in [1.807, 2.05) is 52.2 Å². The first-order valence-electron chi connectivity index (χ1n) is 8.37. The number of amides is 1. The number of anilines is 2. The van der Waals surface area contributed by atoms with E-state index in [9.17, 15) is 4.79 Å². The van der Waals surface area contributed by atoms with Gasteiger partial charge in [0.05, 0.1) is 11.8 Å². The molecule has 1 amide bonds. The van der Waals surface area contributed by atoms with E-state index < -0.39 is 0 Å². The quantitative estimate of drug-likeness (QED) is 0.772. The van der Waals surface area contributed by atoms with Crippen molar-refractivity contribution in [2.24, 2.45) is 0 Å². The van der Waals surface area contributed by atoms with Gasteiger partial charge < -0.3 is 20.3 Å². The van der Waals surface area contributed by atoms with Gasteiger partial charge in [0.15, 0.2) is 0 Å². The SMILES string of the molecule is CC(C)Oc1ccccc1NC(=O)c1ccnc(NCCN(C)C)c1. The third-order valence-electron chi connectivity index (χ3n) is 3.39. The summed E-state index contributed by atoms with van der Waals surface area (Å²) in [6, 6.07) is 10.9. The van der Waals surface area contributed by atoms with Crippen LogP contribution in [0.3, 0.4) is 0 Å². The predicted molar refractivity (Wildman–Crippen MR) is 101 cm³/mol. The number of nitrogens with one attached hydrogen (secondary N) is 2. The van der Waals surface area contributed by atoms with E-state index in [2.05, 4.69) is 20.5 Å². The first-order valence-corrected chi connectivity index (χ1v) is 8.37. The number of benzene rings is 1. The molecule has 0 atom stereocenters. The zero-order valence-corrected chi connectivity index (χ0v) is 15.2. The van der Waals surface area contributed by atoms with Gasteiger partial charge in [0.1, 0.15) is 11.6 Å². The van der Waals surface area contributed by atoms with Crippen LogP contribution in [0.4, 0.5) is 11.5 Å². The Balaban J connectivity index is 2.06. The van der Waals surface area contributed by atoms with Gasteiger partial charge >= 0.3 is 0 Å². The van der Waals surface area contributed by atoms with Gasteiger partial charge in [0.2, 0.25) is 0 Å². The molecule has 0 aliphatic carbocycles. The number of hydrogen-bond acceptors (Lipinski definition) is 5. The second-order valence-corrected chi connectivity index (χ2v) is 6.28. The lowest BCUT2D eigenvalue weighted by Crippen LogP contribution is -2.21. The fraction of sp³-hybridized carbons (Fsp3) is 0.368. The third kappa shape index (κ3) is 6.08. The average Bonchev–Trinajstić information content (AvgIpc) is 2.56. The fourth-order valence-electron chi connectivity index (χ4n) is 2.20. The fourth-order valence-corrected chi connectivity index (χ4v) is 2.20. The molecular weight excluding hydrogens is 316 g/mol. The smallest absolute Gasteiger partial charge is 0.255 e. The maximum Gasteiger partial charge on any atom is 0.255 e. The van der Waals surface area contributed by atoms with E-state index in [1.165, 1.54) is 0 Å². The second kappa shape index (κ2) is 9.03. The van der Waals surface area contributed by atoms with Gasteiger partial charge in [-0.1, -0.05) is 12.1 Å². The van der Waals surface area contributed by atoms with Crippen molar-refractivity contribution in [1.82, 2.24) is 9.88 Å². The molecule has 0 aliphatic heterocycles. The molecule has 1 heterocycles. The standard InChI is InChI=1S/C19H26N4O2/c1-14(2)25-17-8-6-5-7-16(17)22-19(24)15-9-10-20-18(13-15)21-11-12-23(3)4/h5-10,13-14H,11-12H2,1-4H3,(H,20,21)(H,22,24). The Morgan fingerprint density at radius 1 is 1.24 bits per heavy atom. The number of pyridine rings is 1. The van der Waals surface area contributed by atoms with E-state index in [1.54, 1.807) is 18.3 Å². The Hall–Kier alpha value is -2.60. The van der Waals surface area contributed by atoms with E-state index >= 15 is 0 Å². The molecule has 0 bridgehead atoms. The van der Waals surface area contributed by atoms with Crippen molar-refractivity contribution >= 4 is 17.4 Å². The molecule has 2 rings (SSSR count). The number of aromatic nitrogens is 1. The van der Waals surface area contributed by atoms with Crippen molar-refractivity contribution in [3.8, 4) is 5.75 Å². The molecule has 0 spiro atoms. The number of carbonyl (C=O) groups is 1. The van der Waals surface area contributed by atoms with Crippen LogP contribution in [0.15, 0.2) is 42.6 Å². The van der Waals surface area contributed by atoms with Crippen LogP contribution >= 0.6 is 0 Å². The summed E-state index contributed by atoms with van der Waals surface area (Å²) < 4.78 is 5.74. The maximum atomic E-state index is 12.6. The monoisotopic (exact) mass is 342 g/mol. The molecule has 0 unspecified atom stereocenters. The van der Waals surface area contributed by atoms with Crippen molar-refractivity contribution in [1.29, 1.82) is 0 Å². The number of nitrogens with zero attached hydrogens (tertiary/aromatic N) is 2. The minimum Gasteiger partial charge on any atom is -0.489 e. The summed E-state index contributed by atoms with van der Waals surface area (Å²) in [7, 11) is 4.02. The lowest BCUT2D eigenvalue weighted by Gasteiger charge is -2.15. The second-order valence-electron chi connectivity index (χ2n) is 6.28. The lowest BCUT2D eigenvalue weighted by atomic mass is 10.2. The van der Waals surface area contributed by atoms with E-state index in [4.69, 9.17) is 4.74 Å². The average molecular weight is 342 g/mol.